The number of amidine groups is 1. The molecule has 1 aliphatic rings. The van der Waals surface area contributed by atoms with E-state index in [9.17, 15) is 4.79 Å². The van der Waals surface area contributed by atoms with Gasteiger partial charge in [0.05, 0.1) is 10.6 Å². The largest absolute Gasteiger partial charge is 0.300 e. The maximum absolute atomic E-state index is 11.6. The van der Waals surface area contributed by atoms with Crippen LogP contribution in [0.15, 0.2) is 58.7 Å². The minimum absolute atomic E-state index is 0.147. The van der Waals surface area contributed by atoms with E-state index in [-0.39, 0.29) is 5.24 Å². The van der Waals surface area contributed by atoms with Crippen molar-refractivity contribution in [1.29, 1.82) is 0 Å². The molecule has 0 saturated carbocycles. The van der Waals surface area contributed by atoms with Crippen LogP contribution >= 0.6 is 23.4 Å². The summed E-state index contributed by atoms with van der Waals surface area (Å²) in [6, 6.07) is 10.9. The second-order valence-corrected chi connectivity index (χ2v) is 5.70. The first-order chi connectivity index (χ1) is 10.2. The number of nitrogens with one attached hydrogen (secondary N) is 1. The third-order valence-electron chi connectivity index (χ3n) is 2.69. The fourth-order valence-electron chi connectivity index (χ4n) is 1.80. The van der Waals surface area contributed by atoms with Gasteiger partial charge in [0.15, 0.2) is 0 Å². The molecule has 1 aliphatic heterocycles. The molecule has 0 aliphatic carbocycles. The molecule has 0 unspecified atom stereocenters. The third kappa shape index (κ3) is 3.51. The second kappa shape index (κ2) is 6.11. The van der Waals surface area contributed by atoms with Gasteiger partial charge in [-0.2, -0.15) is 0 Å². The SMILES string of the molecule is O=C1NC(=Nc2cccc(Cl)c2)C(=Cc2cccnc2)S1. The maximum Gasteiger partial charge on any atom is 0.289 e. The number of benzene rings is 1. The molecule has 1 amide bonds. The quantitative estimate of drug-likeness (QED) is 0.900. The van der Waals surface area contributed by atoms with Crippen molar-refractivity contribution in [3.05, 3.63) is 64.3 Å². The topological polar surface area (TPSA) is 54.4 Å². The first-order valence-electron chi connectivity index (χ1n) is 6.16. The molecule has 6 heteroatoms. The predicted molar refractivity (Wildman–Crippen MR) is 86.9 cm³/mol. The predicted octanol–water partition coefficient (Wildman–Crippen LogP) is 4.26. The highest BCUT2D eigenvalue weighted by atomic mass is 35.5. The zero-order chi connectivity index (χ0) is 14.7. The number of halogens is 1. The highest BCUT2D eigenvalue weighted by molar-refractivity contribution is 8.18. The van der Waals surface area contributed by atoms with Gasteiger partial charge in [0, 0.05) is 17.4 Å². The zero-order valence-electron chi connectivity index (χ0n) is 10.8. The van der Waals surface area contributed by atoms with Crippen LogP contribution in [0, 0.1) is 0 Å². The molecule has 0 spiro atoms. The summed E-state index contributed by atoms with van der Waals surface area (Å²) >= 11 is 7.05. The Bertz CT molecular complexity index is 744. The van der Waals surface area contributed by atoms with Gasteiger partial charge >= 0.3 is 0 Å². The summed E-state index contributed by atoms with van der Waals surface area (Å²) in [6.07, 6.45) is 5.31. The monoisotopic (exact) mass is 315 g/mol. The van der Waals surface area contributed by atoms with Crippen molar-refractivity contribution < 1.29 is 4.79 Å². The minimum Gasteiger partial charge on any atom is -0.300 e. The van der Waals surface area contributed by atoms with Gasteiger partial charge in [0.25, 0.3) is 5.24 Å². The summed E-state index contributed by atoms with van der Waals surface area (Å²) in [5.41, 5.74) is 1.60. The van der Waals surface area contributed by atoms with E-state index >= 15 is 0 Å². The van der Waals surface area contributed by atoms with Crippen molar-refractivity contribution in [2.45, 2.75) is 0 Å². The summed E-state index contributed by atoms with van der Waals surface area (Å²) in [4.78, 5) is 20.8. The summed E-state index contributed by atoms with van der Waals surface area (Å²) < 4.78 is 0. The number of aromatic nitrogens is 1. The Morgan fingerprint density at radius 3 is 2.95 bits per heavy atom. The van der Waals surface area contributed by atoms with E-state index in [0.29, 0.717) is 16.5 Å². The van der Waals surface area contributed by atoms with E-state index in [1.807, 2.05) is 30.3 Å². The number of rotatable bonds is 2. The van der Waals surface area contributed by atoms with Crippen LogP contribution in [0.25, 0.3) is 6.08 Å². The molecule has 1 saturated heterocycles. The van der Waals surface area contributed by atoms with Crippen LogP contribution in [0.2, 0.25) is 5.02 Å². The van der Waals surface area contributed by atoms with Crippen molar-refractivity contribution in [2.75, 3.05) is 0 Å². The normalized spacial score (nSPS) is 18.2. The lowest BCUT2D eigenvalue weighted by Crippen LogP contribution is -2.18. The van der Waals surface area contributed by atoms with Crippen LogP contribution in [0.1, 0.15) is 5.56 Å². The fourth-order valence-corrected chi connectivity index (χ4v) is 2.72. The summed E-state index contributed by atoms with van der Waals surface area (Å²) in [6.45, 7) is 0. The molecular formula is C15H10ClN3OS. The Morgan fingerprint density at radius 1 is 1.29 bits per heavy atom. The van der Waals surface area contributed by atoms with Gasteiger partial charge in [0.2, 0.25) is 0 Å². The molecule has 2 heterocycles. The molecular weight excluding hydrogens is 306 g/mol. The molecule has 1 fully saturated rings. The van der Waals surface area contributed by atoms with Gasteiger partial charge in [-0.25, -0.2) is 4.99 Å². The Labute approximate surface area is 131 Å². The lowest BCUT2D eigenvalue weighted by molar-refractivity contribution is 0.265. The highest BCUT2D eigenvalue weighted by Gasteiger charge is 2.23. The van der Waals surface area contributed by atoms with Crippen molar-refractivity contribution in [2.24, 2.45) is 4.99 Å². The van der Waals surface area contributed by atoms with E-state index < -0.39 is 0 Å². The van der Waals surface area contributed by atoms with Gasteiger partial charge < -0.3 is 5.32 Å². The van der Waals surface area contributed by atoms with E-state index in [2.05, 4.69) is 15.3 Å². The number of carbonyl (C=O) groups is 1. The fraction of sp³-hybridized carbons (Fsp3) is 0. The Kier molecular flexibility index (Phi) is 4.03. The number of hydrogen-bond acceptors (Lipinski definition) is 4. The van der Waals surface area contributed by atoms with Crippen molar-refractivity contribution in [3.63, 3.8) is 0 Å². The number of carbonyl (C=O) groups excluding carboxylic acids is 1. The maximum atomic E-state index is 11.6. The molecule has 0 bridgehead atoms. The summed E-state index contributed by atoms with van der Waals surface area (Å²) in [5.74, 6) is 0.524. The van der Waals surface area contributed by atoms with Crippen LogP contribution in [-0.4, -0.2) is 16.1 Å². The van der Waals surface area contributed by atoms with E-state index in [1.54, 1.807) is 24.5 Å². The van der Waals surface area contributed by atoms with Crippen LogP contribution in [-0.2, 0) is 0 Å². The molecule has 104 valence electrons. The number of hydrogen-bond donors (Lipinski definition) is 1. The van der Waals surface area contributed by atoms with Crippen LogP contribution < -0.4 is 5.32 Å². The summed E-state index contributed by atoms with van der Waals surface area (Å²) in [5, 5.41) is 3.19. The van der Waals surface area contributed by atoms with Crippen LogP contribution in [0.4, 0.5) is 10.5 Å². The Balaban J connectivity index is 1.96. The number of nitrogens with zero attached hydrogens (tertiary/aromatic N) is 2. The molecule has 0 radical (unpaired) electrons. The Morgan fingerprint density at radius 2 is 2.19 bits per heavy atom. The second-order valence-electron chi connectivity index (χ2n) is 4.25. The third-order valence-corrected chi connectivity index (χ3v) is 3.74. The highest BCUT2D eigenvalue weighted by Crippen LogP contribution is 2.28. The van der Waals surface area contributed by atoms with Gasteiger partial charge in [-0.3, -0.25) is 9.78 Å². The Hall–Kier alpha value is -2.11. The van der Waals surface area contributed by atoms with E-state index in [4.69, 9.17) is 11.6 Å². The molecule has 4 nitrogen and oxygen atoms in total. The first-order valence-corrected chi connectivity index (χ1v) is 7.35. The molecule has 0 atom stereocenters. The van der Waals surface area contributed by atoms with Gasteiger partial charge in [-0.1, -0.05) is 23.7 Å². The van der Waals surface area contributed by atoms with Crippen molar-refractivity contribution in [1.82, 2.24) is 10.3 Å². The first kappa shape index (κ1) is 13.9. The molecule has 1 N–H and O–H groups in total. The van der Waals surface area contributed by atoms with Crippen molar-refractivity contribution >= 4 is 46.2 Å². The zero-order valence-corrected chi connectivity index (χ0v) is 12.4. The smallest absolute Gasteiger partial charge is 0.289 e. The van der Waals surface area contributed by atoms with Gasteiger partial charge in [0.1, 0.15) is 5.84 Å². The average Bonchev–Trinajstić information content (AvgIpc) is 2.80. The molecule has 1 aromatic carbocycles. The molecule has 3 rings (SSSR count). The lowest BCUT2D eigenvalue weighted by atomic mass is 10.2. The number of thioether (sulfide) groups is 1. The van der Waals surface area contributed by atoms with Gasteiger partial charge in [-0.05, 0) is 47.7 Å². The van der Waals surface area contributed by atoms with Crippen molar-refractivity contribution in [3.8, 4) is 0 Å². The van der Waals surface area contributed by atoms with Crippen LogP contribution in [0.5, 0.6) is 0 Å². The van der Waals surface area contributed by atoms with Gasteiger partial charge in [-0.15, -0.1) is 0 Å². The number of aliphatic imine (C=N–C) groups is 1. The minimum atomic E-state index is -0.147. The molecule has 1 aromatic heterocycles. The standard InChI is InChI=1S/C15H10ClN3OS/c16-11-4-1-5-12(8-11)18-14-13(21-15(20)19-14)7-10-3-2-6-17-9-10/h1-9H,(H,18,19,20). The summed E-state index contributed by atoms with van der Waals surface area (Å²) in [7, 11) is 0. The van der Waals surface area contributed by atoms with E-state index in [1.165, 1.54) is 0 Å². The lowest BCUT2D eigenvalue weighted by Gasteiger charge is -2.00. The number of pyridine rings is 1. The van der Waals surface area contributed by atoms with E-state index in [0.717, 1.165) is 22.2 Å². The van der Waals surface area contributed by atoms with Crippen LogP contribution in [0.3, 0.4) is 0 Å². The molecule has 2 aromatic rings. The number of amides is 1. The average molecular weight is 316 g/mol. The molecule has 21 heavy (non-hydrogen) atoms.